The first-order chi connectivity index (χ1) is 15.6. The largest absolute Gasteiger partial charge is 0.522 e. The molecule has 0 unspecified atom stereocenters. The van der Waals surface area contributed by atoms with E-state index in [-0.39, 0.29) is 43.2 Å². The van der Waals surface area contributed by atoms with Gasteiger partial charge in [0.2, 0.25) is 11.8 Å². The smallest absolute Gasteiger partial charge is 0.368 e. The highest BCUT2D eigenvalue weighted by Crippen LogP contribution is 2.32. The van der Waals surface area contributed by atoms with Crippen LogP contribution in [0.4, 0.5) is 18.3 Å². The van der Waals surface area contributed by atoms with E-state index < -0.39 is 18.6 Å². The first-order valence-corrected chi connectivity index (χ1v) is 11.9. The number of carbonyl (C=O) groups excluding carboxylic acids is 2. The van der Waals surface area contributed by atoms with Crippen LogP contribution in [0.1, 0.15) is 38.5 Å². The summed E-state index contributed by atoms with van der Waals surface area (Å²) in [5, 5.41) is 6.87. The van der Waals surface area contributed by atoms with Crippen LogP contribution in [0.5, 0.6) is 0 Å². The quantitative estimate of drug-likeness (QED) is 0.572. The number of thiazole rings is 1. The highest BCUT2D eigenvalue weighted by atomic mass is 35.5. The molecule has 2 fully saturated rings. The van der Waals surface area contributed by atoms with Gasteiger partial charge in [0.25, 0.3) is 0 Å². The molecule has 2 aliphatic carbocycles. The predicted molar refractivity (Wildman–Crippen MR) is 117 cm³/mol. The minimum absolute atomic E-state index is 0.0579. The van der Waals surface area contributed by atoms with Gasteiger partial charge in [-0.15, -0.1) is 13.2 Å². The van der Waals surface area contributed by atoms with Gasteiger partial charge in [0.1, 0.15) is 6.61 Å². The van der Waals surface area contributed by atoms with Crippen molar-refractivity contribution in [1.29, 1.82) is 0 Å². The minimum Gasteiger partial charge on any atom is -0.368 e. The third-order valence-corrected chi connectivity index (χ3v) is 7.03. The standard InChI is InChI=1S/C21H23ClF3N3O4S/c22-12-3-6-17-16(7-12)27-20(33-17)28-19(30)11-1-4-13(5-2-11)26-18(29)10-31-14-8-15(9-14)32-21(23,24)25/h3,6-7,11,13-15H,1-2,4-5,8-10H2,(H,26,29)(H,27,28,30). The van der Waals surface area contributed by atoms with Gasteiger partial charge < -0.3 is 15.4 Å². The molecule has 1 aromatic carbocycles. The fourth-order valence-corrected chi connectivity index (χ4v) is 5.08. The van der Waals surface area contributed by atoms with Crippen molar-refractivity contribution in [1.82, 2.24) is 10.3 Å². The molecular weight excluding hydrogens is 483 g/mol. The van der Waals surface area contributed by atoms with E-state index in [0.717, 1.165) is 10.2 Å². The first-order valence-electron chi connectivity index (χ1n) is 10.7. The average molecular weight is 506 g/mol. The molecular formula is C21H23ClF3N3O4S. The summed E-state index contributed by atoms with van der Waals surface area (Å²) in [6, 6.07) is 5.33. The van der Waals surface area contributed by atoms with E-state index in [1.54, 1.807) is 12.1 Å². The second-order valence-corrected chi connectivity index (χ2v) is 9.79. The summed E-state index contributed by atoms with van der Waals surface area (Å²) in [4.78, 5) is 29.1. The third-order valence-electron chi connectivity index (χ3n) is 5.84. The zero-order chi connectivity index (χ0) is 23.6. The van der Waals surface area contributed by atoms with Crippen molar-refractivity contribution >= 4 is 50.1 Å². The second kappa shape index (κ2) is 10.1. The van der Waals surface area contributed by atoms with Crippen LogP contribution in [0, 0.1) is 5.92 Å². The zero-order valence-corrected chi connectivity index (χ0v) is 19.1. The molecule has 2 amide bonds. The van der Waals surface area contributed by atoms with E-state index in [4.69, 9.17) is 16.3 Å². The van der Waals surface area contributed by atoms with Crippen LogP contribution in [0.25, 0.3) is 10.2 Å². The summed E-state index contributed by atoms with van der Waals surface area (Å²) in [6.07, 6.45) is -3.13. The van der Waals surface area contributed by atoms with Crippen LogP contribution in [0.3, 0.4) is 0 Å². The number of nitrogens with one attached hydrogen (secondary N) is 2. The molecule has 7 nitrogen and oxygen atoms in total. The van der Waals surface area contributed by atoms with Gasteiger partial charge in [0.15, 0.2) is 5.13 Å². The fraction of sp³-hybridized carbons (Fsp3) is 0.571. The molecule has 180 valence electrons. The van der Waals surface area contributed by atoms with Crippen LogP contribution in [-0.4, -0.2) is 48.0 Å². The number of rotatable bonds is 7. The Morgan fingerprint density at radius 1 is 1.15 bits per heavy atom. The molecule has 2 aromatic rings. The van der Waals surface area contributed by atoms with E-state index in [0.29, 0.717) is 35.8 Å². The van der Waals surface area contributed by atoms with Gasteiger partial charge in [-0.25, -0.2) is 4.98 Å². The highest BCUT2D eigenvalue weighted by Gasteiger charge is 2.40. The number of ether oxygens (including phenoxy) is 2. The van der Waals surface area contributed by atoms with E-state index in [2.05, 4.69) is 20.4 Å². The number of anilines is 1. The topological polar surface area (TPSA) is 89.5 Å². The highest BCUT2D eigenvalue weighted by molar-refractivity contribution is 7.22. The lowest BCUT2D eigenvalue weighted by Crippen LogP contribution is -2.44. The van der Waals surface area contributed by atoms with E-state index >= 15 is 0 Å². The molecule has 0 aliphatic heterocycles. The number of halogens is 4. The lowest BCUT2D eigenvalue weighted by Gasteiger charge is -2.35. The number of fused-ring (bicyclic) bond motifs is 1. The zero-order valence-electron chi connectivity index (χ0n) is 17.5. The molecule has 1 aromatic heterocycles. The van der Waals surface area contributed by atoms with Crippen molar-refractivity contribution < 1.29 is 32.2 Å². The molecule has 0 radical (unpaired) electrons. The molecule has 4 rings (SSSR count). The van der Waals surface area contributed by atoms with Crippen LogP contribution in [0.15, 0.2) is 18.2 Å². The summed E-state index contributed by atoms with van der Waals surface area (Å²) in [7, 11) is 0. The maximum absolute atomic E-state index is 12.6. The molecule has 0 atom stereocenters. The molecule has 1 heterocycles. The predicted octanol–water partition coefficient (Wildman–Crippen LogP) is 4.65. The lowest BCUT2D eigenvalue weighted by molar-refractivity contribution is -0.357. The minimum atomic E-state index is -4.65. The molecule has 33 heavy (non-hydrogen) atoms. The summed E-state index contributed by atoms with van der Waals surface area (Å²) in [6.45, 7) is -0.203. The Kier molecular flexibility index (Phi) is 7.42. The Hall–Kier alpha value is -1.95. The molecule has 2 saturated carbocycles. The average Bonchev–Trinajstić information content (AvgIpc) is 3.10. The number of nitrogens with zero attached hydrogens (tertiary/aromatic N) is 1. The van der Waals surface area contributed by atoms with Crippen molar-refractivity contribution in [3.63, 3.8) is 0 Å². The summed E-state index contributed by atoms with van der Waals surface area (Å²) < 4.78 is 46.5. The van der Waals surface area contributed by atoms with Crippen molar-refractivity contribution in [2.24, 2.45) is 5.92 Å². The van der Waals surface area contributed by atoms with Crippen LogP contribution in [0.2, 0.25) is 5.02 Å². The van der Waals surface area contributed by atoms with Crippen molar-refractivity contribution in [3.8, 4) is 0 Å². The van der Waals surface area contributed by atoms with E-state index in [1.165, 1.54) is 11.3 Å². The number of benzene rings is 1. The third kappa shape index (κ3) is 6.78. The fourth-order valence-electron chi connectivity index (χ4n) is 4.06. The van der Waals surface area contributed by atoms with Gasteiger partial charge in [0.05, 0.1) is 22.4 Å². The van der Waals surface area contributed by atoms with Crippen molar-refractivity contribution in [2.75, 3.05) is 11.9 Å². The Balaban J connectivity index is 1.14. The van der Waals surface area contributed by atoms with Crippen molar-refractivity contribution in [3.05, 3.63) is 23.2 Å². The second-order valence-electron chi connectivity index (χ2n) is 8.33. The number of aromatic nitrogens is 1. The number of carbonyl (C=O) groups is 2. The maximum atomic E-state index is 12.6. The van der Waals surface area contributed by atoms with Crippen molar-refractivity contribution in [2.45, 2.75) is 63.1 Å². The Bertz CT molecular complexity index is 1000. The molecule has 0 bridgehead atoms. The molecule has 0 saturated heterocycles. The van der Waals surface area contributed by atoms with Gasteiger partial charge in [-0.05, 0) is 43.9 Å². The maximum Gasteiger partial charge on any atom is 0.522 e. The number of hydrogen-bond donors (Lipinski definition) is 2. The Morgan fingerprint density at radius 3 is 2.58 bits per heavy atom. The summed E-state index contributed by atoms with van der Waals surface area (Å²) in [5.74, 6) is -0.560. The van der Waals surface area contributed by atoms with Crippen LogP contribution < -0.4 is 10.6 Å². The Morgan fingerprint density at radius 2 is 1.88 bits per heavy atom. The first kappa shape index (κ1) is 24.2. The van der Waals surface area contributed by atoms with Gasteiger partial charge in [-0.2, -0.15) is 0 Å². The van der Waals surface area contributed by atoms with Crippen LogP contribution in [-0.2, 0) is 19.1 Å². The van der Waals surface area contributed by atoms with Gasteiger partial charge in [-0.1, -0.05) is 22.9 Å². The molecule has 0 spiro atoms. The van der Waals surface area contributed by atoms with Crippen LogP contribution >= 0.6 is 22.9 Å². The van der Waals surface area contributed by atoms with Gasteiger partial charge in [0, 0.05) is 29.8 Å². The normalized spacial score (nSPS) is 25.5. The summed E-state index contributed by atoms with van der Waals surface area (Å²) in [5.41, 5.74) is 0.738. The summed E-state index contributed by atoms with van der Waals surface area (Å²) >= 11 is 7.36. The van der Waals surface area contributed by atoms with E-state index in [1.807, 2.05) is 6.07 Å². The SMILES string of the molecule is O=C(COC1CC(OC(F)(F)F)C1)NC1CCC(C(=O)Nc2nc3cc(Cl)ccc3s2)CC1. The Labute approximate surface area is 197 Å². The number of amides is 2. The monoisotopic (exact) mass is 505 g/mol. The molecule has 2 N–H and O–H groups in total. The molecule has 12 heteroatoms. The lowest BCUT2D eigenvalue weighted by atomic mass is 9.85. The van der Waals surface area contributed by atoms with E-state index in [9.17, 15) is 22.8 Å². The number of hydrogen-bond acceptors (Lipinski definition) is 6. The van der Waals surface area contributed by atoms with Gasteiger partial charge >= 0.3 is 6.36 Å². The molecule has 2 aliphatic rings. The van der Waals surface area contributed by atoms with Gasteiger partial charge in [-0.3, -0.25) is 14.3 Å². The number of alkyl halides is 3.